The SMILES string of the molecule is CCCCOC(=O)C(N)COS(=O)O. The molecule has 0 heterocycles. The molecule has 0 saturated carbocycles. The molecule has 84 valence electrons. The van der Waals surface area contributed by atoms with Crippen molar-refractivity contribution in [1.82, 2.24) is 0 Å². The van der Waals surface area contributed by atoms with Crippen LogP contribution in [0.5, 0.6) is 0 Å². The van der Waals surface area contributed by atoms with Crippen LogP contribution in [0.2, 0.25) is 0 Å². The van der Waals surface area contributed by atoms with E-state index < -0.39 is 23.4 Å². The van der Waals surface area contributed by atoms with Crippen LogP contribution >= 0.6 is 0 Å². The van der Waals surface area contributed by atoms with Crippen LogP contribution in [0.25, 0.3) is 0 Å². The van der Waals surface area contributed by atoms with Crippen LogP contribution < -0.4 is 5.73 Å². The van der Waals surface area contributed by atoms with E-state index in [0.717, 1.165) is 12.8 Å². The van der Waals surface area contributed by atoms with E-state index in [1.165, 1.54) is 0 Å². The smallest absolute Gasteiger partial charge is 0.325 e. The molecular weight excluding hydrogens is 210 g/mol. The van der Waals surface area contributed by atoms with E-state index in [4.69, 9.17) is 15.0 Å². The third-order valence-corrected chi connectivity index (χ3v) is 1.73. The van der Waals surface area contributed by atoms with Crippen molar-refractivity contribution in [2.45, 2.75) is 25.8 Å². The average molecular weight is 225 g/mol. The zero-order valence-electron chi connectivity index (χ0n) is 7.97. The van der Waals surface area contributed by atoms with Gasteiger partial charge in [-0.3, -0.25) is 13.5 Å². The minimum Gasteiger partial charge on any atom is -0.464 e. The molecule has 0 aliphatic heterocycles. The van der Waals surface area contributed by atoms with Gasteiger partial charge in [0.15, 0.2) is 0 Å². The highest BCUT2D eigenvalue weighted by Crippen LogP contribution is 1.93. The Kier molecular flexibility index (Phi) is 7.58. The minimum absolute atomic E-state index is 0.311. The molecule has 0 saturated heterocycles. The highest BCUT2D eigenvalue weighted by atomic mass is 32.2. The lowest BCUT2D eigenvalue weighted by Crippen LogP contribution is -2.37. The Hall–Kier alpha value is -0.500. The van der Waals surface area contributed by atoms with Gasteiger partial charge in [-0.2, -0.15) is 4.21 Å². The van der Waals surface area contributed by atoms with Crippen LogP contribution in [0.3, 0.4) is 0 Å². The summed E-state index contributed by atoms with van der Waals surface area (Å²) in [6, 6.07) is -1.01. The number of carbonyl (C=O) groups is 1. The van der Waals surface area contributed by atoms with Crippen molar-refractivity contribution in [2.75, 3.05) is 13.2 Å². The Morgan fingerprint density at radius 3 is 2.79 bits per heavy atom. The first-order valence-corrected chi connectivity index (χ1v) is 5.27. The van der Waals surface area contributed by atoms with E-state index in [2.05, 4.69) is 4.18 Å². The van der Waals surface area contributed by atoms with Crippen molar-refractivity contribution in [2.24, 2.45) is 5.73 Å². The Morgan fingerprint density at radius 2 is 2.29 bits per heavy atom. The summed E-state index contributed by atoms with van der Waals surface area (Å²) < 4.78 is 27.3. The molecule has 0 radical (unpaired) electrons. The summed E-state index contributed by atoms with van der Waals surface area (Å²) in [7, 11) is 0. The number of esters is 1. The minimum atomic E-state index is -2.40. The van der Waals surface area contributed by atoms with Crippen LogP contribution in [-0.2, 0) is 25.1 Å². The fourth-order valence-corrected chi connectivity index (χ4v) is 0.887. The molecule has 14 heavy (non-hydrogen) atoms. The molecule has 7 heteroatoms. The predicted molar refractivity (Wildman–Crippen MR) is 50.6 cm³/mol. The third kappa shape index (κ3) is 6.96. The van der Waals surface area contributed by atoms with E-state index in [0.29, 0.717) is 6.61 Å². The van der Waals surface area contributed by atoms with Crippen molar-refractivity contribution in [3.05, 3.63) is 0 Å². The first-order valence-electron chi connectivity index (χ1n) is 4.24. The van der Waals surface area contributed by atoms with E-state index >= 15 is 0 Å². The average Bonchev–Trinajstić information content (AvgIpc) is 2.14. The topological polar surface area (TPSA) is 98.9 Å². The molecule has 0 aromatic rings. The summed E-state index contributed by atoms with van der Waals surface area (Å²) in [5.74, 6) is -0.621. The van der Waals surface area contributed by atoms with Gasteiger partial charge >= 0.3 is 17.3 Å². The number of rotatable bonds is 7. The van der Waals surface area contributed by atoms with E-state index in [9.17, 15) is 9.00 Å². The lowest BCUT2D eigenvalue weighted by Gasteiger charge is -2.09. The monoisotopic (exact) mass is 225 g/mol. The Labute approximate surface area is 85.2 Å². The molecule has 0 aromatic heterocycles. The molecule has 0 aromatic carbocycles. The summed E-state index contributed by atoms with van der Waals surface area (Å²) in [6.45, 7) is 1.95. The molecule has 0 fully saturated rings. The van der Waals surface area contributed by atoms with Gasteiger partial charge < -0.3 is 10.5 Å². The lowest BCUT2D eigenvalue weighted by atomic mass is 10.3. The van der Waals surface area contributed by atoms with Gasteiger partial charge in [0.25, 0.3) is 0 Å². The fourth-order valence-electron chi connectivity index (χ4n) is 0.624. The highest BCUT2D eigenvalue weighted by Gasteiger charge is 2.15. The molecule has 0 amide bonds. The van der Waals surface area contributed by atoms with Crippen molar-refractivity contribution < 1.29 is 22.5 Å². The largest absolute Gasteiger partial charge is 0.464 e. The number of hydrogen-bond donors (Lipinski definition) is 2. The fraction of sp³-hybridized carbons (Fsp3) is 0.857. The van der Waals surface area contributed by atoms with Crippen LogP contribution in [0, 0.1) is 0 Å². The van der Waals surface area contributed by atoms with Gasteiger partial charge in [0, 0.05) is 0 Å². The molecule has 0 aliphatic carbocycles. The third-order valence-electron chi connectivity index (χ3n) is 1.39. The molecule has 3 N–H and O–H groups in total. The maximum atomic E-state index is 11.0. The predicted octanol–water partition coefficient (Wildman–Crippen LogP) is -0.190. The quantitative estimate of drug-likeness (QED) is 0.354. The molecule has 2 unspecified atom stereocenters. The van der Waals surface area contributed by atoms with Crippen LogP contribution in [-0.4, -0.2) is 34.0 Å². The van der Waals surface area contributed by atoms with E-state index in [1.54, 1.807) is 0 Å². The number of hydrogen-bond acceptors (Lipinski definition) is 5. The van der Waals surface area contributed by atoms with Crippen LogP contribution in [0.15, 0.2) is 0 Å². The number of nitrogens with two attached hydrogens (primary N) is 1. The van der Waals surface area contributed by atoms with Crippen molar-refractivity contribution >= 4 is 17.3 Å². The lowest BCUT2D eigenvalue weighted by molar-refractivity contribution is -0.145. The molecule has 2 atom stereocenters. The van der Waals surface area contributed by atoms with Crippen molar-refractivity contribution in [3.8, 4) is 0 Å². The maximum Gasteiger partial charge on any atom is 0.325 e. The Morgan fingerprint density at radius 1 is 1.64 bits per heavy atom. The van der Waals surface area contributed by atoms with Crippen LogP contribution in [0.1, 0.15) is 19.8 Å². The maximum absolute atomic E-state index is 11.0. The zero-order valence-corrected chi connectivity index (χ0v) is 8.79. The zero-order chi connectivity index (χ0) is 11.0. The van der Waals surface area contributed by atoms with Crippen LogP contribution in [0.4, 0.5) is 0 Å². The highest BCUT2D eigenvalue weighted by molar-refractivity contribution is 7.74. The second kappa shape index (κ2) is 7.86. The van der Waals surface area contributed by atoms with E-state index in [-0.39, 0.29) is 6.61 Å². The first-order chi connectivity index (χ1) is 6.57. The first kappa shape index (κ1) is 13.5. The van der Waals surface area contributed by atoms with E-state index in [1.807, 2.05) is 6.92 Å². The number of ether oxygens (including phenoxy) is 1. The van der Waals surface area contributed by atoms with Gasteiger partial charge in [-0.15, -0.1) is 0 Å². The molecule has 6 nitrogen and oxygen atoms in total. The second-order valence-electron chi connectivity index (χ2n) is 2.63. The van der Waals surface area contributed by atoms with Gasteiger partial charge in [-0.05, 0) is 6.42 Å². The molecule has 0 spiro atoms. The number of carbonyl (C=O) groups excluding carboxylic acids is 1. The van der Waals surface area contributed by atoms with Gasteiger partial charge in [0.05, 0.1) is 13.2 Å². The summed E-state index contributed by atoms with van der Waals surface area (Å²) in [5, 5.41) is 0. The summed E-state index contributed by atoms with van der Waals surface area (Å²) in [5.41, 5.74) is 5.30. The summed E-state index contributed by atoms with van der Waals surface area (Å²) in [4.78, 5) is 11.0. The normalized spacial score (nSPS) is 14.8. The van der Waals surface area contributed by atoms with Crippen molar-refractivity contribution in [1.29, 1.82) is 0 Å². The molecule has 0 bridgehead atoms. The van der Waals surface area contributed by atoms with Crippen molar-refractivity contribution in [3.63, 3.8) is 0 Å². The Bertz CT molecular complexity index is 199. The van der Waals surface area contributed by atoms with Gasteiger partial charge in [-0.25, -0.2) is 0 Å². The summed E-state index contributed by atoms with van der Waals surface area (Å²) in [6.07, 6.45) is 1.69. The van der Waals surface area contributed by atoms with Gasteiger partial charge in [-0.1, -0.05) is 13.3 Å². The number of unbranched alkanes of at least 4 members (excludes halogenated alkanes) is 1. The Balaban J connectivity index is 3.59. The van der Waals surface area contributed by atoms with Gasteiger partial charge in [0.1, 0.15) is 6.04 Å². The molecule has 0 aliphatic rings. The second-order valence-corrected chi connectivity index (χ2v) is 3.30. The summed E-state index contributed by atoms with van der Waals surface area (Å²) >= 11 is -2.40. The van der Waals surface area contributed by atoms with Gasteiger partial charge in [0.2, 0.25) is 0 Å². The standard InChI is InChI=1S/C7H15NO5S/c1-2-3-4-12-7(9)6(8)5-13-14(10)11/h6H,2-5,8H2,1H3,(H,10,11). The molecule has 0 rings (SSSR count). The molecular formula is C7H15NO5S.